The quantitative estimate of drug-likeness (QED) is 0.357. The summed E-state index contributed by atoms with van der Waals surface area (Å²) in [5.41, 5.74) is -0.0124. The lowest BCUT2D eigenvalue weighted by molar-refractivity contribution is -0.271. The molecular formula is C22H20O11. The zero-order valence-corrected chi connectivity index (χ0v) is 17.1. The van der Waals surface area contributed by atoms with E-state index in [1.807, 2.05) is 0 Å². The van der Waals surface area contributed by atoms with Crippen molar-refractivity contribution in [2.75, 3.05) is 7.11 Å². The molecule has 0 radical (unpaired) electrons. The van der Waals surface area contributed by atoms with Crippen molar-refractivity contribution in [3.05, 3.63) is 52.7 Å². The number of hydrogen-bond acceptors (Lipinski definition) is 10. The fourth-order valence-electron chi connectivity index (χ4n) is 3.49. The Morgan fingerprint density at radius 3 is 2.30 bits per heavy atom. The summed E-state index contributed by atoms with van der Waals surface area (Å²) < 4.78 is 21.4. The molecule has 0 aliphatic carbocycles. The van der Waals surface area contributed by atoms with Gasteiger partial charge in [-0.1, -0.05) is 0 Å². The Balaban J connectivity index is 1.70. The minimum absolute atomic E-state index is 0.0519. The number of benzene rings is 2. The molecule has 0 unspecified atom stereocenters. The van der Waals surface area contributed by atoms with Gasteiger partial charge in [-0.25, -0.2) is 4.79 Å². The number of ether oxygens (including phenoxy) is 3. The first-order valence-electron chi connectivity index (χ1n) is 9.74. The van der Waals surface area contributed by atoms with Crippen LogP contribution in [0.4, 0.5) is 0 Å². The van der Waals surface area contributed by atoms with E-state index >= 15 is 0 Å². The number of methoxy groups -OCH3 is 1. The maximum Gasteiger partial charge on any atom is 0.335 e. The molecule has 5 atom stereocenters. The van der Waals surface area contributed by atoms with Crippen LogP contribution in [0.25, 0.3) is 22.3 Å². The van der Waals surface area contributed by atoms with E-state index in [0.717, 1.165) is 6.07 Å². The summed E-state index contributed by atoms with van der Waals surface area (Å²) in [6, 6.07) is 10.2. The molecule has 0 bridgehead atoms. The smallest absolute Gasteiger partial charge is 0.335 e. The molecule has 11 nitrogen and oxygen atoms in total. The van der Waals surface area contributed by atoms with Gasteiger partial charge in [-0.05, 0) is 24.3 Å². The van der Waals surface area contributed by atoms with Gasteiger partial charge in [0.15, 0.2) is 11.5 Å². The third kappa shape index (κ3) is 4.22. The highest BCUT2D eigenvalue weighted by Crippen LogP contribution is 2.33. The van der Waals surface area contributed by atoms with Crippen LogP contribution < -0.4 is 14.9 Å². The number of aliphatic hydroxyl groups excluding tert-OH is 3. The van der Waals surface area contributed by atoms with Gasteiger partial charge in [-0.3, -0.25) is 4.79 Å². The topological polar surface area (TPSA) is 176 Å². The Kier molecular flexibility index (Phi) is 5.95. The molecule has 5 N–H and O–H groups in total. The van der Waals surface area contributed by atoms with Crippen LogP contribution in [0.5, 0.6) is 17.2 Å². The summed E-state index contributed by atoms with van der Waals surface area (Å²) >= 11 is 0. The summed E-state index contributed by atoms with van der Waals surface area (Å²) in [4.78, 5) is 23.9. The lowest BCUT2D eigenvalue weighted by atomic mass is 9.99. The lowest BCUT2D eigenvalue weighted by Gasteiger charge is -2.38. The molecule has 174 valence electrons. The van der Waals surface area contributed by atoms with Crippen LogP contribution >= 0.6 is 0 Å². The number of carbonyl (C=O) groups is 1. The van der Waals surface area contributed by atoms with E-state index in [1.54, 1.807) is 24.3 Å². The van der Waals surface area contributed by atoms with Crippen molar-refractivity contribution in [2.45, 2.75) is 30.7 Å². The second kappa shape index (κ2) is 8.71. The van der Waals surface area contributed by atoms with Crippen molar-refractivity contribution in [1.29, 1.82) is 0 Å². The first-order chi connectivity index (χ1) is 15.7. The molecule has 1 fully saturated rings. The van der Waals surface area contributed by atoms with Gasteiger partial charge >= 0.3 is 5.97 Å². The fourth-order valence-corrected chi connectivity index (χ4v) is 3.49. The number of carboxylic acid groups (broad SMARTS) is 1. The zero-order chi connectivity index (χ0) is 23.9. The molecule has 1 aromatic heterocycles. The van der Waals surface area contributed by atoms with E-state index in [2.05, 4.69) is 0 Å². The monoisotopic (exact) mass is 460 g/mol. The predicted octanol–water partition coefficient (Wildman–Crippen LogP) is 0.445. The third-order valence-corrected chi connectivity index (χ3v) is 5.22. The molecule has 4 rings (SSSR count). The van der Waals surface area contributed by atoms with Gasteiger partial charge in [0.25, 0.3) is 0 Å². The highest BCUT2D eigenvalue weighted by atomic mass is 16.7. The maximum absolute atomic E-state index is 12.6. The van der Waals surface area contributed by atoms with Gasteiger partial charge in [-0.15, -0.1) is 0 Å². The summed E-state index contributed by atoms with van der Waals surface area (Å²) in [5.74, 6) is -1.40. The van der Waals surface area contributed by atoms with E-state index in [-0.39, 0.29) is 22.5 Å². The van der Waals surface area contributed by atoms with Crippen molar-refractivity contribution < 1.29 is 49.0 Å². The van der Waals surface area contributed by atoms with E-state index < -0.39 is 47.9 Å². The molecule has 0 amide bonds. The minimum atomic E-state index is -1.88. The van der Waals surface area contributed by atoms with Gasteiger partial charge in [0.05, 0.1) is 7.11 Å². The highest BCUT2D eigenvalue weighted by Gasteiger charge is 2.48. The average molecular weight is 460 g/mol. The second-order valence-electron chi connectivity index (χ2n) is 7.37. The lowest BCUT2D eigenvalue weighted by Crippen LogP contribution is -2.61. The normalized spacial score (nSPS) is 25.0. The molecule has 2 aromatic carbocycles. The van der Waals surface area contributed by atoms with Crippen LogP contribution in [-0.4, -0.2) is 69.3 Å². The number of aromatic hydroxyl groups is 1. The Hall–Kier alpha value is -3.64. The van der Waals surface area contributed by atoms with Crippen LogP contribution in [0.2, 0.25) is 0 Å². The van der Waals surface area contributed by atoms with Crippen LogP contribution in [0.1, 0.15) is 0 Å². The van der Waals surface area contributed by atoms with Gasteiger partial charge in [0.2, 0.25) is 6.29 Å². The number of phenolic OH excluding ortho intramolecular Hbond substituents is 1. The number of carboxylic acids is 1. The van der Waals surface area contributed by atoms with Crippen LogP contribution in [0, 0.1) is 0 Å². The third-order valence-electron chi connectivity index (χ3n) is 5.22. The molecule has 1 aliphatic rings. The number of aliphatic hydroxyl groups is 3. The zero-order valence-electron chi connectivity index (χ0n) is 17.1. The van der Waals surface area contributed by atoms with Crippen LogP contribution in [-0.2, 0) is 9.53 Å². The first kappa shape index (κ1) is 22.6. The number of aliphatic carboxylic acids is 1. The van der Waals surface area contributed by atoms with Crippen LogP contribution in [0.15, 0.2) is 51.7 Å². The Bertz CT molecular complexity index is 1230. The Labute approximate surface area is 185 Å². The van der Waals surface area contributed by atoms with E-state index in [0.29, 0.717) is 11.3 Å². The number of fused-ring (bicyclic) bond motifs is 1. The second-order valence-corrected chi connectivity index (χ2v) is 7.37. The summed E-state index contributed by atoms with van der Waals surface area (Å²) in [7, 11) is 1.51. The van der Waals surface area contributed by atoms with Crippen molar-refractivity contribution in [3.63, 3.8) is 0 Å². The minimum Gasteiger partial charge on any atom is -0.507 e. The Morgan fingerprint density at radius 2 is 1.67 bits per heavy atom. The highest BCUT2D eigenvalue weighted by molar-refractivity contribution is 5.86. The Morgan fingerprint density at radius 1 is 0.970 bits per heavy atom. The van der Waals surface area contributed by atoms with Gasteiger partial charge < -0.3 is 44.2 Å². The molecule has 1 saturated heterocycles. The predicted molar refractivity (Wildman–Crippen MR) is 111 cm³/mol. The van der Waals surface area contributed by atoms with Crippen molar-refractivity contribution in [2.24, 2.45) is 0 Å². The summed E-state index contributed by atoms with van der Waals surface area (Å²) in [6.07, 6.45) is -9.10. The molecule has 0 spiro atoms. The molecule has 11 heteroatoms. The van der Waals surface area contributed by atoms with Gasteiger partial charge in [0.1, 0.15) is 52.3 Å². The first-order valence-corrected chi connectivity index (χ1v) is 9.74. The van der Waals surface area contributed by atoms with Crippen molar-refractivity contribution >= 4 is 16.9 Å². The standard InChI is InChI=1S/C22H20O11/c1-30-10-4-2-9(3-5-10)14-8-13(24)16-12(23)6-11(7-15(16)32-14)31-22-19(27)17(25)18(26)20(33-22)21(28)29/h2-8,17-20,22-23,25-27H,1H3,(H,28,29)/t17-,18+,19-,20-,22-/m0/s1. The summed E-state index contributed by atoms with van der Waals surface area (Å²) in [6.45, 7) is 0. The molecular weight excluding hydrogens is 440 g/mol. The van der Waals surface area contributed by atoms with Crippen LogP contribution in [0.3, 0.4) is 0 Å². The van der Waals surface area contributed by atoms with E-state index in [9.17, 15) is 30.0 Å². The number of hydrogen-bond donors (Lipinski definition) is 5. The SMILES string of the molecule is COc1ccc(-c2cc(=O)c3c(O)cc(O[C@H]4O[C@H](C(=O)O)[C@H](O)[C@H](O)[C@@H]4O)cc3o2)cc1. The van der Waals surface area contributed by atoms with Gasteiger partial charge in [-0.2, -0.15) is 0 Å². The van der Waals surface area contributed by atoms with Crippen molar-refractivity contribution in [3.8, 4) is 28.6 Å². The molecule has 1 aliphatic heterocycles. The largest absolute Gasteiger partial charge is 0.507 e. The summed E-state index contributed by atoms with van der Waals surface area (Å²) in [5, 5.41) is 49.2. The molecule has 0 saturated carbocycles. The molecule has 2 heterocycles. The maximum atomic E-state index is 12.6. The molecule has 3 aromatic rings. The fraction of sp³-hybridized carbons (Fsp3) is 0.273. The molecule has 33 heavy (non-hydrogen) atoms. The van der Waals surface area contributed by atoms with Crippen molar-refractivity contribution in [1.82, 2.24) is 0 Å². The average Bonchev–Trinajstić information content (AvgIpc) is 2.78. The van der Waals surface area contributed by atoms with Gasteiger partial charge in [0, 0.05) is 23.8 Å². The van der Waals surface area contributed by atoms with E-state index in [1.165, 1.54) is 19.2 Å². The van der Waals surface area contributed by atoms with E-state index in [4.69, 9.17) is 23.7 Å². The number of rotatable bonds is 5. The number of phenols is 1.